The fourth-order valence-electron chi connectivity index (χ4n) is 6.61. The lowest BCUT2D eigenvalue weighted by molar-refractivity contribution is -0.122. The van der Waals surface area contributed by atoms with Gasteiger partial charge in [0.15, 0.2) is 11.6 Å². The molecule has 3 aromatic carbocycles. The smallest absolute Gasteiger partial charge is 0.238 e. The van der Waals surface area contributed by atoms with E-state index in [-0.39, 0.29) is 23.0 Å². The molecule has 3 heterocycles. The molecule has 0 aliphatic carbocycles. The molecule has 1 amide bonds. The molecule has 1 N–H and O–H groups in total. The van der Waals surface area contributed by atoms with Crippen molar-refractivity contribution in [2.24, 2.45) is 5.92 Å². The molecule has 1 saturated heterocycles. The molecule has 198 valence electrons. The largest absolute Gasteiger partial charge is 0.497 e. The van der Waals surface area contributed by atoms with Crippen molar-refractivity contribution in [1.29, 1.82) is 0 Å². The van der Waals surface area contributed by atoms with Crippen molar-refractivity contribution in [1.82, 2.24) is 0 Å². The molecule has 1 fully saturated rings. The van der Waals surface area contributed by atoms with Crippen LogP contribution in [0.2, 0.25) is 0 Å². The van der Waals surface area contributed by atoms with Crippen LogP contribution in [0.15, 0.2) is 66.7 Å². The van der Waals surface area contributed by atoms with E-state index in [4.69, 9.17) is 14.2 Å². The molecule has 3 aliphatic heterocycles. The molecule has 0 saturated carbocycles. The third kappa shape index (κ3) is 3.34. The van der Waals surface area contributed by atoms with Gasteiger partial charge < -0.3 is 24.4 Å². The van der Waals surface area contributed by atoms with Gasteiger partial charge in [0, 0.05) is 16.9 Å². The van der Waals surface area contributed by atoms with E-state index in [9.17, 15) is 14.4 Å². The van der Waals surface area contributed by atoms with Crippen LogP contribution < -0.4 is 24.4 Å². The highest BCUT2D eigenvalue weighted by atomic mass is 16.5. The van der Waals surface area contributed by atoms with Gasteiger partial charge in [0.1, 0.15) is 22.7 Å². The van der Waals surface area contributed by atoms with Gasteiger partial charge in [-0.3, -0.25) is 14.4 Å². The molecule has 4 atom stereocenters. The van der Waals surface area contributed by atoms with Gasteiger partial charge in [-0.15, -0.1) is 0 Å². The van der Waals surface area contributed by atoms with Crippen LogP contribution in [0.4, 0.5) is 11.4 Å². The highest BCUT2D eigenvalue weighted by Crippen LogP contribution is 2.58. The van der Waals surface area contributed by atoms with Gasteiger partial charge in [-0.25, -0.2) is 0 Å². The summed E-state index contributed by atoms with van der Waals surface area (Å²) in [6, 6.07) is 16.4. The number of amides is 1. The van der Waals surface area contributed by atoms with E-state index in [1.807, 2.05) is 59.5 Å². The van der Waals surface area contributed by atoms with Gasteiger partial charge in [-0.05, 0) is 55.0 Å². The van der Waals surface area contributed by atoms with Crippen LogP contribution in [0, 0.1) is 5.92 Å². The highest BCUT2D eigenvalue weighted by molar-refractivity contribution is 6.17. The number of nitrogens with zero attached hydrogens (tertiary/aromatic N) is 1. The van der Waals surface area contributed by atoms with Gasteiger partial charge in [-0.2, -0.15) is 0 Å². The average Bonchev–Trinajstić information content (AvgIpc) is 3.44. The number of carbonyl (C=O) groups is 3. The maximum absolute atomic E-state index is 14.7. The number of fused-ring (bicyclic) bond motifs is 6. The molecule has 0 aromatic heterocycles. The number of benzene rings is 3. The summed E-state index contributed by atoms with van der Waals surface area (Å²) in [7, 11) is 4.59. The van der Waals surface area contributed by atoms with Crippen molar-refractivity contribution >= 4 is 34.9 Å². The third-order valence-electron chi connectivity index (χ3n) is 8.21. The van der Waals surface area contributed by atoms with E-state index in [2.05, 4.69) is 5.32 Å². The van der Waals surface area contributed by atoms with E-state index in [1.165, 1.54) is 21.1 Å². The van der Waals surface area contributed by atoms with E-state index in [0.29, 0.717) is 28.5 Å². The molecule has 8 heteroatoms. The number of carbonyl (C=O) groups excluding carboxylic acids is 3. The first kappa shape index (κ1) is 24.7. The van der Waals surface area contributed by atoms with Crippen LogP contribution in [0.5, 0.6) is 17.2 Å². The number of hydrogen-bond donors (Lipinski definition) is 1. The Morgan fingerprint density at radius 1 is 0.923 bits per heavy atom. The second-order valence-corrected chi connectivity index (χ2v) is 9.97. The van der Waals surface area contributed by atoms with Crippen LogP contribution in [0.25, 0.3) is 6.08 Å². The van der Waals surface area contributed by atoms with Crippen molar-refractivity contribution in [2.75, 3.05) is 31.5 Å². The SMILES string of the molecule is COc1ccc2c(c1)C=CC1N2C(C(C)=O)C(C(=O)c2cc(OC)ccc2OC)C12C(=O)Nc1ccccc12. The third-order valence-corrected chi connectivity index (χ3v) is 8.21. The van der Waals surface area contributed by atoms with Crippen molar-refractivity contribution in [2.45, 2.75) is 24.4 Å². The van der Waals surface area contributed by atoms with Crippen LogP contribution in [0.3, 0.4) is 0 Å². The molecule has 3 aliphatic rings. The van der Waals surface area contributed by atoms with E-state index in [0.717, 1.165) is 11.3 Å². The summed E-state index contributed by atoms with van der Waals surface area (Å²) in [4.78, 5) is 44.5. The molecule has 1 spiro atoms. The minimum Gasteiger partial charge on any atom is -0.497 e. The van der Waals surface area contributed by atoms with Crippen molar-refractivity contribution in [3.8, 4) is 17.2 Å². The number of para-hydroxylation sites is 1. The molecule has 8 nitrogen and oxygen atoms in total. The summed E-state index contributed by atoms with van der Waals surface area (Å²) < 4.78 is 16.4. The topological polar surface area (TPSA) is 94.2 Å². The second-order valence-electron chi connectivity index (χ2n) is 9.97. The van der Waals surface area contributed by atoms with Gasteiger partial charge >= 0.3 is 0 Å². The standard InChI is InChI=1S/C31H28N2O6/c1-17(34)28-27(29(35)21-16-20(38-3)11-13-25(21)39-4)31(22-7-5-6-8-23(22)32-30(31)36)26-14-9-18-15-19(37-2)10-12-24(18)33(26)28/h5-16,26-28H,1-4H3,(H,32,36). The molecule has 6 rings (SSSR count). The number of Topliss-reactive ketones (excluding diaryl/α,β-unsaturated/α-hetero) is 2. The summed E-state index contributed by atoms with van der Waals surface area (Å²) in [5.41, 5.74) is 1.81. The Labute approximate surface area is 226 Å². The van der Waals surface area contributed by atoms with Crippen molar-refractivity contribution in [3.05, 3.63) is 83.4 Å². The molecular weight excluding hydrogens is 496 g/mol. The maximum Gasteiger partial charge on any atom is 0.238 e. The molecule has 39 heavy (non-hydrogen) atoms. The van der Waals surface area contributed by atoms with Crippen molar-refractivity contribution in [3.63, 3.8) is 0 Å². The highest BCUT2D eigenvalue weighted by Gasteiger charge is 2.70. The molecule has 4 unspecified atom stereocenters. The van der Waals surface area contributed by atoms with Gasteiger partial charge in [0.05, 0.1) is 44.9 Å². The molecule has 3 aromatic rings. The Hall–Kier alpha value is -4.59. The van der Waals surface area contributed by atoms with Gasteiger partial charge in [-0.1, -0.05) is 30.4 Å². The zero-order valence-corrected chi connectivity index (χ0v) is 22.1. The lowest BCUT2D eigenvalue weighted by Gasteiger charge is -2.37. The number of hydrogen-bond acceptors (Lipinski definition) is 7. The minimum absolute atomic E-state index is 0.216. The minimum atomic E-state index is -1.37. The van der Waals surface area contributed by atoms with E-state index < -0.39 is 23.4 Å². The fourth-order valence-corrected chi connectivity index (χ4v) is 6.61. The fraction of sp³-hybridized carbons (Fsp3) is 0.258. The lowest BCUT2D eigenvalue weighted by atomic mass is 9.64. The monoisotopic (exact) mass is 524 g/mol. The number of nitrogens with one attached hydrogen (secondary N) is 1. The molecule has 0 radical (unpaired) electrons. The zero-order chi connectivity index (χ0) is 27.5. The van der Waals surface area contributed by atoms with E-state index in [1.54, 1.807) is 25.3 Å². The van der Waals surface area contributed by atoms with Crippen LogP contribution in [-0.2, 0) is 15.0 Å². The lowest BCUT2D eigenvalue weighted by Crippen LogP contribution is -2.51. The Balaban J connectivity index is 1.65. The predicted octanol–water partition coefficient (Wildman–Crippen LogP) is 4.27. The quantitative estimate of drug-likeness (QED) is 0.481. The number of ether oxygens (including phenoxy) is 3. The van der Waals surface area contributed by atoms with Crippen LogP contribution in [-0.4, -0.2) is 50.9 Å². The summed E-state index contributed by atoms with van der Waals surface area (Å²) in [6.45, 7) is 1.48. The van der Waals surface area contributed by atoms with E-state index >= 15 is 0 Å². The predicted molar refractivity (Wildman–Crippen MR) is 147 cm³/mol. The summed E-state index contributed by atoms with van der Waals surface area (Å²) in [6.07, 6.45) is 3.86. The molecule has 0 bridgehead atoms. The molecular formula is C31H28N2O6. The Morgan fingerprint density at radius 2 is 1.64 bits per heavy atom. The van der Waals surface area contributed by atoms with Gasteiger partial charge in [0.25, 0.3) is 0 Å². The van der Waals surface area contributed by atoms with Crippen LogP contribution >= 0.6 is 0 Å². The number of anilines is 2. The van der Waals surface area contributed by atoms with Gasteiger partial charge in [0.2, 0.25) is 5.91 Å². The van der Waals surface area contributed by atoms with Crippen LogP contribution in [0.1, 0.15) is 28.4 Å². The first-order valence-electron chi connectivity index (χ1n) is 12.7. The maximum atomic E-state index is 14.7. The Kier molecular flexibility index (Phi) is 5.71. The summed E-state index contributed by atoms with van der Waals surface area (Å²) >= 11 is 0. The average molecular weight is 525 g/mol. The normalized spacial score (nSPS) is 24.1. The summed E-state index contributed by atoms with van der Waals surface area (Å²) in [5.74, 6) is -0.469. The van der Waals surface area contributed by atoms with Crippen molar-refractivity contribution < 1.29 is 28.6 Å². The first-order valence-corrected chi connectivity index (χ1v) is 12.7. The number of ketones is 2. The summed E-state index contributed by atoms with van der Waals surface area (Å²) in [5, 5.41) is 3.01. The zero-order valence-electron chi connectivity index (χ0n) is 22.1. The number of rotatable bonds is 6. The Bertz CT molecular complexity index is 1560. The number of methoxy groups -OCH3 is 3. The Morgan fingerprint density at radius 3 is 2.36 bits per heavy atom. The second kappa shape index (κ2) is 9.01. The first-order chi connectivity index (χ1) is 18.9.